The Kier molecular flexibility index (Phi) is 6.12. The molecular weight excluding hydrogens is 464 g/mol. The van der Waals surface area contributed by atoms with Gasteiger partial charge in [-0.25, -0.2) is 4.98 Å². The highest BCUT2D eigenvalue weighted by Crippen LogP contribution is 2.29. The van der Waals surface area contributed by atoms with Gasteiger partial charge in [0.1, 0.15) is 22.8 Å². The van der Waals surface area contributed by atoms with Gasteiger partial charge in [-0.15, -0.1) is 0 Å². The Morgan fingerprint density at radius 1 is 0.971 bits per heavy atom. The van der Waals surface area contributed by atoms with Crippen molar-refractivity contribution >= 4 is 40.4 Å². The smallest absolute Gasteiger partial charge is 0.248 e. The minimum absolute atomic E-state index is 0.275. The van der Waals surface area contributed by atoms with Gasteiger partial charge in [-0.2, -0.15) is 0 Å². The first kappa shape index (κ1) is 22.5. The number of nitrogens with one attached hydrogen (secondary N) is 1. The Morgan fingerprint density at radius 2 is 1.77 bits per heavy atom. The lowest BCUT2D eigenvalue weighted by Gasteiger charge is -2.03. The average molecular weight is 485 g/mol. The number of carbonyl (C=O) groups is 1. The van der Waals surface area contributed by atoms with Crippen LogP contribution >= 0.6 is 11.6 Å². The number of carbonyl (C=O) groups excluding carboxylic acids is 1. The predicted molar refractivity (Wildman–Crippen MR) is 138 cm³/mol. The number of methoxy groups -OCH3 is 1. The molecule has 1 amide bonds. The molecule has 174 valence electrons. The molecule has 1 N–H and O–H groups in total. The van der Waals surface area contributed by atoms with E-state index in [2.05, 4.69) is 10.3 Å². The number of hydrogen-bond donors (Lipinski definition) is 1. The number of benzene rings is 3. The number of anilines is 1. The standard InChI is InChI=1S/C28H21ClN2O4/c1-17-3-4-19(15-23(17)29)25-12-9-21(34-25)11-14-27(32)30-20-7-5-18(6-8-20)28-31-24-16-22(33-2)10-13-26(24)35-28/h3-16H,1-2H3,(H,30,32)/b14-11+. The molecule has 7 heteroatoms. The van der Waals surface area contributed by atoms with Crippen LogP contribution in [0.1, 0.15) is 11.3 Å². The van der Waals surface area contributed by atoms with Crippen LogP contribution in [-0.2, 0) is 4.79 Å². The van der Waals surface area contributed by atoms with E-state index in [0.29, 0.717) is 45.0 Å². The van der Waals surface area contributed by atoms with Crippen molar-refractivity contribution in [3.8, 4) is 28.5 Å². The molecule has 0 saturated carbocycles. The second-order valence-corrected chi connectivity index (χ2v) is 8.33. The molecule has 0 aliphatic heterocycles. The summed E-state index contributed by atoms with van der Waals surface area (Å²) >= 11 is 6.20. The first-order valence-corrected chi connectivity index (χ1v) is 11.3. The van der Waals surface area contributed by atoms with Crippen molar-refractivity contribution in [1.29, 1.82) is 0 Å². The fourth-order valence-electron chi connectivity index (χ4n) is 3.54. The number of rotatable bonds is 6. The maximum atomic E-state index is 12.4. The van der Waals surface area contributed by atoms with Crippen molar-refractivity contribution in [3.05, 3.63) is 95.2 Å². The second kappa shape index (κ2) is 9.52. The van der Waals surface area contributed by atoms with Crippen LogP contribution in [0.3, 0.4) is 0 Å². The number of aromatic nitrogens is 1. The van der Waals surface area contributed by atoms with E-state index >= 15 is 0 Å². The predicted octanol–water partition coefficient (Wildman–Crippen LogP) is 7.38. The van der Waals surface area contributed by atoms with Gasteiger partial charge < -0.3 is 18.9 Å². The molecule has 5 aromatic rings. The van der Waals surface area contributed by atoms with Crippen molar-refractivity contribution in [2.45, 2.75) is 6.92 Å². The lowest BCUT2D eigenvalue weighted by Crippen LogP contribution is -2.07. The van der Waals surface area contributed by atoms with Gasteiger partial charge in [0.05, 0.1) is 7.11 Å². The van der Waals surface area contributed by atoms with Gasteiger partial charge in [0.2, 0.25) is 11.8 Å². The quantitative estimate of drug-likeness (QED) is 0.254. The molecule has 5 rings (SSSR count). The Hall–Kier alpha value is -4.29. The summed E-state index contributed by atoms with van der Waals surface area (Å²) < 4.78 is 16.9. The molecule has 2 aromatic heterocycles. The summed E-state index contributed by atoms with van der Waals surface area (Å²) in [6.45, 7) is 1.95. The van der Waals surface area contributed by atoms with E-state index in [4.69, 9.17) is 25.2 Å². The van der Waals surface area contributed by atoms with E-state index in [0.717, 1.165) is 16.7 Å². The van der Waals surface area contributed by atoms with Crippen LogP contribution in [0.15, 0.2) is 87.7 Å². The number of hydrogen-bond acceptors (Lipinski definition) is 5. The fraction of sp³-hybridized carbons (Fsp3) is 0.0714. The molecule has 0 atom stereocenters. The van der Waals surface area contributed by atoms with E-state index in [-0.39, 0.29) is 5.91 Å². The van der Waals surface area contributed by atoms with Gasteiger partial charge in [-0.05, 0) is 73.2 Å². The topological polar surface area (TPSA) is 77.5 Å². The van der Waals surface area contributed by atoms with Crippen LogP contribution < -0.4 is 10.1 Å². The number of oxazole rings is 1. The van der Waals surface area contributed by atoms with Crippen molar-refractivity contribution in [2.24, 2.45) is 0 Å². The van der Waals surface area contributed by atoms with Gasteiger partial charge in [0.15, 0.2) is 5.58 Å². The molecule has 0 aliphatic carbocycles. The molecule has 6 nitrogen and oxygen atoms in total. The fourth-order valence-corrected chi connectivity index (χ4v) is 3.72. The van der Waals surface area contributed by atoms with Gasteiger partial charge >= 0.3 is 0 Å². The molecule has 0 saturated heterocycles. The van der Waals surface area contributed by atoms with Crippen molar-refractivity contribution < 1.29 is 18.4 Å². The van der Waals surface area contributed by atoms with Crippen molar-refractivity contribution in [2.75, 3.05) is 12.4 Å². The summed E-state index contributed by atoms with van der Waals surface area (Å²) in [5, 5.41) is 3.51. The number of furan rings is 1. The minimum Gasteiger partial charge on any atom is -0.497 e. The molecule has 0 radical (unpaired) electrons. The van der Waals surface area contributed by atoms with Gasteiger partial charge in [-0.1, -0.05) is 23.7 Å². The molecule has 3 aromatic carbocycles. The maximum Gasteiger partial charge on any atom is 0.248 e. The van der Waals surface area contributed by atoms with Gasteiger partial charge in [-0.3, -0.25) is 4.79 Å². The third-order valence-electron chi connectivity index (χ3n) is 5.48. The summed E-state index contributed by atoms with van der Waals surface area (Å²) in [5.74, 6) is 2.18. The van der Waals surface area contributed by atoms with E-state index in [1.165, 1.54) is 6.08 Å². The number of halogens is 1. The summed E-state index contributed by atoms with van der Waals surface area (Å²) in [4.78, 5) is 16.9. The highest BCUT2D eigenvalue weighted by atomic mass is 35.5. The largest absolute Gasteiger partial charge is 0.497 e. The number of aryl methyl sites for hydroxylation is 1. The Balaban J connectivity index is 1.23. The first-order chi connectivity index (χ1) is 17.0. The summed E-state index contributed by atoms with van der Waals surface area (Å²) in [7, 11) is 1.61. The average Bonchev–Trinajstić information content (AvgIpc) is 3.51. The van der Waals surface area contributed by atoms with Gasteiger partial charge in [0, 0.05) is 34.0 Å². The third kappa shape index (κ3) is 4.98. The Morgan fingerprint density at radius 3 is 2.54 bits per heavy atom. The summed E-state index contributed by atoms with van der Waals surface area (Å²) in [6, 6.07) is 22.1. The number of amides is 1. The van der Waals surface area contributed by atoms with Crippen LogP contribution in [0.4, 0.5) is 5.69 Å². The monoisotopic (exact) mass is 484 g/mol. The SMILES string of the molecule is COc1ccc2oc(-c3ccc(NC(=O)/C=C/c4ccc(-c5ccc(C)c(Cl)c5)o4)cc3)nc2c1. The summed E-state index contributed by atoms with van der Waals surface area (Å²) in [6.07, 6.45) is 3.04. The second-order valence-electron chi connectivity index (χ2n) is 7.92. The normalized spacial score (nSPS) is 11.3. The first-order valence-electron chi connectivity index (χ1n) is 10.9. The molecule has 35 heavy (non-hydrogen) atoms. The summed E-state index contributed by atoms with van der Waals surface area (Å²) in [5.41, 5.74) is 4.72. The lowest BCUT2D eigenvalue weighted by molar-refractivity contribution is -0.111. The molecule has 0 spiro atoms. The molecule has 0 fully saturated rings. The molecule has 2 heterocycles. The van der Waals surface area contributed by atoms with Gasteiger partial charge in [0.25, 0.3) is 0 Å². The zero-order chi connectivity index (χ0) is 24.4. The van der Waals surface area contributed by atoms with E-state index < -0.39 is 0 Å². The van der Waals surface area contributed by atoms with Crippen LogP contribution in [0.2, 0.25) is 5.02 Å². The highest BCUT2D eigenvalue weighted by Gasteiger charge is 2.10. The highest BCUT2D eigenvalue weighted by molar-refractivity contribution is 6.31. The van der Waals surface area contributed by atoms with E-state index in [1.807, 2.05) is 61.5 Å². The van der Waals surface area contributed by atoms with Crippen LogP contribution in [-0.4, -0.2) is 18.0 Å². The molecule has 0 aliphatic rings. The zero-order valence-electron chi connectivity index (χ0n) is 19.0. The van der Waals surface area contributed by atoms with Crippen LogP contribution in [0.25, 0.3) is 40.0 Å². The number of nitrogens with zero attached hydrogens (tertiary/aromatic N) is 1. The maximum absolute atomic E-state index is 12.4. The minimum atomic E-state index is -0.275. The third-order valence-corrected chi connectivity index (χ3v) is 5.88. The molecule has 0 bridgehead atoms. The number of ether oxygens (including phenoxy) is 1. The molecule has 0 unspecified atom stereocenters. The van der Waals surface area contributed by atoms with E-state index in [9.17, 15) is 4.79 Å². The molecular formula is C28H21ClN2O4. The Labute approximate surface area is 206 Å². The van der Waals surface area contributed by atoms with Crippen molar-refractivity contribution in [1.82, 2.24) is 4.98 Å². The number of fused-ring (bicyclic) bond motifs is 1. The van der Waals surface area contributed by atoms with Crippen LogP contribution in [0.5, 0.6) is 5.75 Å². The zero-order valence-corrected chi connectivity index (χ0v) is 19.8. The Bertz CT molecular complexity index is 1550. The van der Waals surface area contributed by atoms with E-state index in [1.54, 1.807) is 31.4 Å². The lowest BCUT2D eigenvalue weighted by atomic mass is 10.1. The van der Waals surface area contributed by atoms with Crippen molar-refractivity contribution in [3.63, 3.8) is 0 Å². The van der Waals surface area contributed by atoms with Crippen LogP contribution in [0, 0.1) is 6.92 Å².